The van der Waals surface area contributed by atoms with Gasteiger partial charge in [0.2, 0.25) is 21.8 Å². The molecule has 216 valence electrons. The molecule has 4 bridgehead atoms. The van der Waals surface area contributed by atoms with Crippen LogP contribution in [0.25, 0.3) is 0 Å². The number of hydrogen-bond donors (Lipinski definition) is 1. The van der Waals surface area contributed by atoms with Crippen LogP contribution in [0.4, 0.5) is 5.69 Å². The van der Waals surface area contributed by atoms with Crippen molar-refractivity contribution < 1.29 is 18.0 Å². The van der Waals surface area contributed by atoms with E-state index in [9.17, 15) is 18.0 Å². The van der Waals surface area contributed by atoms with Crippen molar-refractivity contribution in [3.8, 4) is 0 Å². The Morgan fingerprint density at radius 1 is 1.00 bits per heavy atom. The number of likely N-dealkylation sites (N-methyl/N-ethyl adjacent to an activating group) is 1. The second kappa shape index (κ2) is 11.2. The van der Waals surface area contributed by atoms with Gasteiger partial charge in [-0.05, 0) is 98.3 Å². The third-order valence-electron chi connectivity index (χ3n) is 9.55. The Hall–Kier alpha value is -2.87. The zero-order valence-electron chi connectivity index (χ0n) is 24.2. The average molecular weight is 566 g/mol. The Morgan fingerprint density at radius 3 is 2.10 bits per heavy atom. The van der Waals surface area contributed by atoms with Crippen LogP contribution in [-0.4, -0.2) is 51.0 Å². The number of amides is 2. The smallest absolute Gasteiger partial charge is 0.244 e. The van der Waals surface area contributed by atoms with Crippen LogP contribution in [0.15, 0.2) is 48.5 Å². The van der Waals surface area contributed by atoms with E-state index in [2.05, 4.69) is 17.4 Å². The molecular formula is C32H43N3O4S. The third-order valence-corrected chi connectivity index (χ3v) is 10.7. The van der Waals surface area contributed by atoms with Gasteiger partial charge >= 0.3 is 0 Å². The van der Waals surface area contributed by atoms with E-state index in [4.69, 9.17) is 0 Å². The summed E-state index contributed by atoms with van der Waals surface area (Å²) in [5, 5.41) is 2.66. The molecule has 0 saturated heterocycles. The monoisotopic (exact) mass is 565 g/mol. The second-order valence-electron chi connectivity index (χ2n) is 12.6. The van der Waals surface area contributed by atoms with Gasteiger partial charge in [-0.25, -0.2) is 8.42 Å². The molecule has 0 heterocycles. The lowest BCUT2D eigenvalue weighted by Crippen LogP contribution is -2.51. The van der Waals surface area contributed by atoms with E-state index in [1.54, 1.807) is 7.05 Å². The normalized spacial score (nSPS) is 25.9. The molecule has 4 saturated carbocycles. The first-order valence-electron chi connectivity index (χ1n) is 14.7. The van der Waals surface area contributed by atoms with Crippen molar-refractivity contribution in [1.82, 2.24) is 10.2 Å². The molecule has 7 nitrogen and oxygen atoms in total. The van der Waals surface area contributed by atoms with E-state index in [1.807, 2.05) is 50.2 Å². The Bertz CT molecular complexity index is 1320. The fourth-order valence-corrected chi connectivity index (χ4v) is 9.00. The molecule has 0 aliphatic heterocycles. The van der Waals surface area contributed by atoms with Gasteiger partial charge in [0.15, 0.2) is 0 Å². The number of nitrogens with one attached hydrogen (secondary N) is 1. The predicted molar refractivity (Wildman–Crippen MR) is 158 cm³/mol. The van der Waals surface area contributed by atoms with E-state index in [-0.39, 0.29) is 24.4 Å². The van der Waals surface area contributed by atoms with E-state index in [0.29, 0.717) is 12.1 Å². The summed E-state index contributed by atoms with van der Waals surface area (Å²) in [4.78, 5) is 28.1. The summed E-state index contributed by atoms with van der Waals surface area (Å²) >= 11 is 0. The van der Waals surface area contributed by atoms with Gasteiger partial charge in [-0.15, -0.1) is 0 Å². The van der Waals surface area contributed by atoms with Crippen molar-refractivity contribution in [2.75, 3.05) is 24.2 Å². The number of sulfonamides is 1. The molecule has 1 atom stereocenters. The standard InChI is InChI=1S/C32H43N3O4S/c1-5-29(31(37)33-3)34(20-23-8-6-7-22(2)13-23)30(36)21-35(40(4,38)39)28-11-9-27(10-12-28)32-17-24-14-25(18-32)16-26(15-24)19-32/h6-13,24-26,29H,5,14-21H2,1-4H3,(H,33,37). The molecule has 2 amide bonds. The van der Waals surface area contributed by atoms with E-state index < -0.39 is 22.0 Å². The topological polar surface area (TPSA) is 86.8 Å². The molecule has 1 N–H and O–H groups in total. The maximum Gasteiger partial charge on any atom is 0.244 e. The van der Waals surface area contributed by atoms with Gasteiger partial charge in [-0.2, -0.15) is 0 Å². The number of anilines is 1. The molecule has 0 radical (unpaired) electrons. The highest BCUT2D eigenvalue weighted by atomic mass is 32.2. The quantitative estimate of drug-likeness (QED) is 0.449. The number of nitrogens with zero attached hydrogens (tertiary/aromatic N) is 2. The van der Waals surface area contributed by atoms with E-state index >= 15 is 0 Å². The maximum atomic E-state index is 13.8. The molecule has 4 aliphatic rings. The molecule has 6 rings (SSSR count). The van der Waals surface area contributed by atoms with Crippen LogP contribution in [0.5, 0.6) is 0 Å². The van der Waals surface area contributed by atoms with Gasteiger partial charge in [0.1, 0.15) is 12.6 Å². The predicted octanol–water partition coefficient (Wildman–Crippen LogP) is 4.78. The van der Waals surface area contributed by atoms with Crippen LogP contribution in [0, 0.1) is 24.7 Å². The van der Waals surface area contributed by atoms with Crippen LogP contribution < -0.4 is 9.62 Å². The molecule has 4 fully saturated rings. The Balaban J connectivity index is 1.40. The largest absolute Gasteiger partial charge is 0.357 e. The summed E-state index contributed by atoms with van der Waals surface area (Å²) in [5.41, 5.74) is 3.94. The van der Waals surface area contributed by atoms with E-state index in [0.717, 1.165) is 35.1 Å². The van der Waals surface area contributed by atoms with Crippen molar-refractivity contribution in [2.45, 2.75) is 76.8 Å². The Labute approximate surface area is 239 Å². The minimum atomic E-state index is -3.76. The molecular weight excluding hydrogens is 522 g/mol. The Kier molecular flexibility index (Phi) is 8.01. The number of carbonyl (C=O) groups is 2. The summed E-state index contributed by atoms with van der Waals surface area (Å²) in [6.45, 7) is 3.68. The summed E-state index contributed by atoms with van der Waals surface area (Å²) in [5.74, 6) is 1.79. The van der Waals surface area contributed by atoms with Crippen LogP contribution in [0.3, 0.4) is 0 Å². The first-order valence-corrected chi connectivity index (χ1v) is 16.5. The fraction of sp³-hybridized carbons (Fsp3) is 0.562. The second-order valence-corrected chi connectivity index (χ2v) is 14.5. The number of hydrogen-bond acceptors (Lipinski definition) is 4. The van der Waals surface area contributed by atoms with Crippen LogP contribution in [-0.2, 0) is 31.6 Å². The highest BCUT2D eigenvalue weighted by Crippen LogP contribution is 2.60. The lowest BCUT2D eigenvalue weighted by molar-refractivity contribution is -0.140. The highest BCUT2D eigenvalue weighted by Gasteiger charge is 2.51. The minimum absolute atomic E-state index is 0.214. The molecule has 0 spiro atoms. The summed E-state index contributed by atoms with van der Waals surface area (Å²) in [6.07, 6.45) is 9.36. The summed E-state index contributed by atoms with van der Waals surface area (Å²) in [6, 6.07) is 15.0. The molecule has 1 unspecified atom stereocenters. The number of rotatable bonds is 10. The van der Waals surface area contributed by atoms with Gasteiger partial charge in [0, 0.05) is 13.6 Å². The average Bonchev–Trinajstić information content (AvgIpc) is 2.90. The molecule has 40 heavy (non-hydrogen) atoms. The SMILES string of the molecule is CCC(C(=O)NC)N(Cc1cccc(C)c1)C(=O)CN(c1ccc(C23CC4CC(CC(C4)C2)C3)cc1)S(C)(=O)=O. The van der Waals surface area contributed by atoms with Crippen molar-refractivity contribution in [1.29, 1.82) is 0 Å². The fourth-order valence-electron chi connectivity index (χ4n) is 8.15. The third kappa shape index (κ3) is 5.78. The summed E-state index contributed by atoms with van der Waals surface area (Å²) in [7, 11) is -2.21. The zero-order valence-corrected chi connectivity index (χ0v) is 25.0. The minimum Gasteiger partial charge on any atom is -0.357 e. The van der Waals surface area contributed by atoms with Crippen LogP contribution in [0.2, 0.25) is 0 Å². The van der Waals surface area contributed by atoms with Gasteiger partial charge < -0.3 is 10.2 Å². The lowest BCUT2D eigenvalue weighted by Gasteiger charge is -2.57. The molecule has 4 aliphatic carbocycles. The van der Waals surface area contributed by atoms with Crippen LogP contribution >= 0.6 is 0 Å². The molecule has 8 heteroatoms. The molecule has 0 aromatic heterocycles. The maximum absolute atomic E-state index is 13.8. The lowest BCUT2D eigenvalue weighted by atomic mass is 9.48. The van der Waals surface area contributed by atoms with Crippen molar-refractivity contribution >= 4 is 27.5 Å². The zero-order chi connectivity index (χ0) is 28.7. The van der Waals surface area contributed by atoms with Gasteiger partial charge in [0.25, 0.3) is 0 Å². The highest BCUT2D eigenvalue weighted by molar-refractivity contribution is 7.92. The molecule has 2 aromatic carbocycles. The first kappa shape index (κ1) is 28.7. The number of aryl methyl sites for hydroxylation is 1. The summed E-state index contributed by atoms with van der Waals surface area (Å²) < 4.78 is 27.2. The van der Waals surface area contributed by atoms with Crippen LogP contribution in [0.1, 0.15) is 68.6 Å². The molecule has 2 aromatic rings. The number of benzene rings is 2. The van der Waals surface area contributed by atoms with Crippen molar-refractivity contribution in [3.05, 3.63) is 65.2 Å². The first-order chi connectivity index (χ1) is 19.0. The van der Waals surface area contributed by atoms with E-state index in [1.165, 1.54) is 53.3 Å². The van der Waals surface area contributed by atoms with Gasteiger partial charge in [-0.1, -0.05) is 48.9 Å². The van der Waals surface area contributed by atoms with Crippen molar-refractivity contribution in [2.24, 2.45) is 17.8 Å². The van der Waals surface area contributed by atoms with Gasteiger partial charge in [-0.3, -0.25) is 13.9 Å². The Morgan fingerprint density at radius 2 is 1.60 bits per heavy atom. The van der Waals surface area contributed by atoms with Gasteiger partial charge in [0.05, 0.1) is 11.9 Å². The van der Waals surface area contributed by atoms with Crippen molar-refractivity contribution in [3.63, 3.8) is 0 Å². The number of carbonyl (C=O) groups excluding carboxylic acids is 2.